The van der Waals surface area contributed by atoms with E-state index in [0.29, 0.717) is 0 Å². The Morgan fingerprint density at radius 2 is 2.12 bits per heavy atom. The van der Waals surface area contributed by atoms with Gasteiger partial charge in [-0.15, -0.1) is 0 Å². The van der Waals surface area contributed by atoms with E-state index in [9.17, 15) is 4.79 Å². The van der Waals surface area contributed by atoms with Gasteiger partial charge in [0.15, 0.2) is 6.29 Å². The van der Waals surface area contributed by atoms with Crippen molar-refractivity contribution in [2.75, 3.05) is 0 Å². The summed E-state index contributed by atoms with van der Waals surface area (Å²) < 4.78 is 2.17. The fraction of sp³-hybridized carbons (Fsp3) is 0.357. The Labute approximate surface area is 94.9 Å². The van der Waals surface area contributed by atoms with E-state index < -0.39 is 0 Å². The molecule has 0 unspecified atom stereocenters. The average molecular weight is 213 g/mol. The summed E-state index contributed by atoms with van der Waals surface area (Å²) >= 11 is 0. The van der Waals surface area contributed by atoms with Crippen LogP contribution in [0, 0.1) is 5.92 Å². The van der Waals surface area contributed by atoms with Gasteiger partial charge in [0, 0.05) is 17.4 Å². The normalized spacial score (nSPS) is 16.2. The summed E-state index contributed by atoms with van der Waals surface area (Å²) in [4.78, 5) is 11.1. The molecule has 2 heteroatoms. The number of aromatic nitrogens is 1. The zero-order chi connectivity index (χ0) is 11.0. The first-order valence-electron chi connectivity index (χ1n) is 5.92. The summed E-state index contributed by atoms with van der Waals surface area (Å²) in [5.74, 6) is 0.773. The number of benzene rings is 1. The quantitative estimate of drug-likeness (QED) is 0.717. The minimum atomic E-state index is 0.773. The van der Waals surface area contributed by atoms with Crippen molar-refractivity contribution in [1.29, 1.82) is 0 Å². The van der Waals surface area contributed by atoms with Crippen LogP contribution in [-0.2, 0) is 6.54 Å². The Morgan fingerprint density at radius 1 is 1.31 bits per heavy atom. The molecule has 1 aromatic heterocycles. The van der Waals surface area contributed by atoms with E-state index in [-0.39, 0.29) is 0 Å². The summed E-state index contributed by atoms with van der Waals surface area (Å²) in [6, 6.07) is 10.2. The van der Waals surface area contributed by atoms with Crippen molar-refractivity contribution in [3.05, 3.63) is 36.0 Å². The molecule has 0 saturated heterocycles. The molecule has 1 saturated carbocycles. The highest BCUT2D eigenvalue weighted by molar-refractivity contribution is 5.88. The molecule has 1 aliphatic carbocycles. The molecule has 3 rings (SSSR count). The minimum absolute atomic E-state index is 0.773. The maximum absolute atomic E-state index is 11.1. The Bertz CT molecular complexity index is 523. The number of carbonyl (C=O) groups is 1. The number of nitrogens with zero attached hydrogens (tertiary/aromatic N) is 1. The van der Waals surface area contributed by atoms with Gasteiger partial charge < -0.3 is 4.57 Å². The largest absolute Gasteiger partial charge is 0.338 e. The molecule has 1 aromatic carbocycles. The highest BCUT2D eigenvalue weighted by Crippen LogP contribution is 2.30. The Morgan fingerprint density at radius 3 is 2.81 bits per heavy atom. The van der Waals surface area contributed by atoms with E-state index in [2.05, 4.69) is 16.7 Å². The molecule has 1 fully saturated rings. The monoisotopic (exact) mass is 213 g/mol. The predicted octanol–water partition coefficient (Wildman–Crippen LogP) is 3.25. The smallest absolute Gasteiger partial charge is 0.166 e. The third-order valence-corrected chi connectivity index (χ3v) is 3.63. The minimum Gasteiger partial charge on any atom is -0.338 e. The summed E-state index contributed by atoms with van der Waals surface area (Å²) in [6.45, 7) is 1.00. The van der Waals surface area contributed by atoms with E-state index in [4.69, 9.17) is 0 Å². The van der Waals surface area contributed by atoms with Crippen molar-refractivity contribution in [2.24, 2.45) is 5.92 Å². The molecule has 0 N–H and O–H groups in total. The van der Waals surface area contributed by atoms with Gasteiger partial charge in [0.25, 0.3) is 0 Å². The Hall–Kier alpha value is -1.57. The zero-order valence-corrected chi connectivity index (χ0v) is 9.23. The zero-order valence-electron chi connectivity index (χ0n) is 9.23. The van der Waals surface area contributed by atoms with Gasteiger partial charge in [-0.3, -0.25) is 4.79 Å². The molecule has 2 aromatic rings. The van der Waals surface area contributed by atoms with Crippen LogP contribution in [0.25, 0.3) is 10.9 Å². The van der Waals surface area contributed by atoms with Gasteiger partial charge in [-0.1, -0.05) is 24.6 Å². The molecule has 82 valence electrons. The number of carbonyl (C=O) groups excluding carboxylic acids is 1. The Balaban J connectivity index is 2.07. The first-order chi connectivity index (χ1) is 7.88. The number of fused-ring (bicyclic) bond motifs is 1. The molecule has 0 radical (unpaired) electrons. The maximum Gasteiger partial charge on any atom is 0.166 e. The fourth-order valence-electron chi connectivity index (χ4n) is 2.47. The van der Waals surface area contributed by atoms with Crippen LogP contribution in [0.2, 0.25) is 0 Å². The van der Waals surface area contributed by atoms with Crippen LogP contribution in [0.4, 0.5) is 0 Å². The van der Waals surface area contributed by atoms with Crippen molar-refractivity contribution in [3.8, 4) is 0 Å². The number of hydrogen-bond donors (Lipinski definition) is 0. The molecule has 1 heterocycles. The predicted molar refractivity (Wildman–Crippen MR) is 64.7 cm³/mol. The topological polar surface area (TPSA) is 22.0 Å². The molecule has 16 heavy (non-hydrogen) atoms. The van der Waals surface area contributed by atoms with Gasteiger partial charge in [-0.2, -0.15) is 0 Å². The number of aldehydes is 1. The van der Waals surface area contributed by atoms with Crippen LogP contribution >= 0.6 is 0 Å². The molecule has 0 spiro atoms. The number of para-hydroxylation sites is 1. The molecule has 0 aliphatic heterocycles. The van der Waals surface area contributed by atoms with E-state index >= 15 is 0 Å². The summed E-state index contributed by atoms with van der Waals surface area (Å²) in [6.07, 6.45) is 4.94. The van der Waals surface area contributed by atoms with E-state index in [1.165, 1.54) is 30.2 Å². The standard InChI is InChI=1S/C14H15NO/c16-10-13-8-12-6-1-2-7-14(12)15(13)9-11-4-3-5-11/h1-2,6-8,10-11H,3-5,9H2. The molecule has 0 bridgehead atoms. The molecular formula is C14H15NO. The van der Waals surface area contributed by atoms with Crippen LogP contribution < -0.4 is 0 Å². The van der Waals surface area contributed by atoms with Crippen molar-refractivity contribution in [3.63, 3.8) is 0 Å². The summed E-state index contributed by atoms with van der Waals surface area (Å²) in [5, 5.41) is 1.17. The third kappa shape index (κ3) is 1.45. The third-order valence-electron chi connectivity index (χ3n) is 3.63. The van der Waals surface area contributed by atoms with E-state index in [1.807, 2.05) is 18.2 Å². The van der Waals surface area contributed by atoms with Crippen LogP contribution in [0.15, 0.2) is 30.3 Å². The van der Waals surface area contributed by atoms with Crippen LogP contribution in [0.1, 0.15) is 29.8 Å². The summed E-state index contributed by atoms with van der Waals surface area (Å²) in [5.41, 5.74) is 2.00. The van der Waals surface area contributed by atoms with Gasteiger partial charge >= 0.3 is 0 Å². The first kappa shape index (κ1) is 9.64. The van der Waals surface area contributed by atoms with Crippen LogP contribution in [0.5, 0.6) is 0 Å². The average Bonchev–Trinajstić information content (AvgIpc) is 2.61. The van der Waals surface area contributed by atoms with Crippen molar-refractivity contribution >= 4 is 17.2 Å². The lowest BCUT2D eigenvalue weighted by molar-refractivity contribution is 0.111. The second-order valence-corrected chi connectivity index (χ2v) is 4.65. The molecular weight excluding hydrogens is 198 g/mol. The highest BCUT2D eigenvalue weighted by Gasteiger charge is 2.19. The molecule has 1 aliphatic rings. The van der Waals surface area contributed by atoms with Gasteiger partial charge in [0.1, 0.15) is 0 Å². The van der Waals surface area contributed by atoms with E-state index in [1.54, 1.807) is 0 Å². The lowest BCUT2D eigenvalue weighted by Crippen LogP contribution is -2.19. The lowest BCUT2D eigenvalue weighted by atomic mass is 9.85. The SMILES string of the molecule is O=Cc1cc2ccccc2n1CC1CCC1. The Kier molecular flexibility index (Phi) is 2.28. The molecule has 2 nitrogen and oxygen atoms in total. The lowest BCUT2D eigenvalue weighted by Gasteiger charge is -2.26. The highest BCUT2D eigenvalue weighted by atomic mass is 16.1. The van der Waals surface area contributed by atoms with Gasteiger partial charge in [0.2, 0.25) is 0 Å². The van der Waals surface area contributed by atoms with E-state index in [0.717, 1.165) is 24.4 Å². The second kappa shape index (κ2) is 3.78. The van der Waals surface area contributed by atoms with Crippen LogP contribution in [-0.4, -0.2) is 10.9 Å². The van der Waals surface area contributed by atoms with Gasteiger partial charge in [-0.05, 0) is 30.9 Å². The molecule has 0 atom stereocenters. The van der Waals surface area contributed by atoms with Crippen molar-refractivity contribution in [1.82, 2.24) is 4.57 Å². The fourth-order valence-corrected chi connectivity index (χ4v) is 2.47. The van der Waals surface area contributed by atoms with Crippen molar-refractivity contribution in [2.45, 2.75) is 25.8 Å². The van der Waals surface area contributed by atoms with Gasteiger partial charge in [-0.25, -0.2) is 0 Å². The first-order valence-corrected chi connectivity index (χ1v) is 5.92. The van der Waals surface area contributed by atoms with Crippen molar-refractivity contribution < 1.29 is 4.79 Å². The second-order valence-electron chi connectivity index (χ2n) is 4.65. The maximum atomic E-state index is 11.1. The summed E-state index contributed by atoms with van der Waals surface area (Å²) in [7, 11) is 0. The van der Waals surface area contributed by atoms with Crippen LogP contribution in [0.3, 0.4) is 0 Å². The van der Waals surface area contributed by atoms with Gasteiger partial charge in [0.05, 0.1) is 5.69 Å². The molecule has 0 amide bonds. The number of rotatable bonds is 3. The number of hydrogen-bond acceptors (Lipinski definition) is 1.